The topological polar surface area (TPSA) is 26.3 Å². The van der Waals surface area contributed by atoms with E-state index < -0.39 is 40.8 Å². The number of halogens is 5. The summed E-state index contributed by atoms with van der Waals surface area (Å²) in [5, 5.41) is 0. The molecule has 0 aliphatic rings. The summed E-state index contributed by atoms with van der Waals surface area (Å²) in [7, 11) is 0. The average molecular weight is 282 g/mol. The summed E-state index contributed by atoms with van der Waals surface area (Å²) >= 11 is 0. The van der Waals surface area contributed by atoms with Gasteiger partial charge in [0.05, 0.1) is 17.7 Å². The Kier molecular flexibility index (Phi) is 4.49. The Morgan fingerprint density at radius 3 is 2.26 bits per heavy atom. The zero-order chi connectivity index (χ0) is 14.8. The van der Waals surface area contributed by atoms with E-state index in [0.717, 1.165) is 6.92 Å². The fraction of sp³-hybridized carbons (Fsp3) is 0.417. The van der Waals surface area contributed by atoms with Gasteiger partial charge in [0.15, 0.2) is 5.78 Å². The van der Waals surface area contributed by atoms with Crippen molar-refractivity contribution in [2.24, 2.45) is 0 Å². The smallest absolute Gasteiger partial charge is 0.416 e. The molecule has 19 heavy (non-hydrogen) atoms. The lowest BCUT2D eigenvalue weighted by Crippen LogP contribution is -2.11. The van der Waals surface area contributed by atoms with E-state index in [1.165, 1.54) is 6.92 Å². The van der Waals surface area contributed by atoms with Gasteiger partial charge in [-0.1, -0.05) is 0 Å². The molecule has 0 aliphatic carbocycles. The van der Waals surface area contributed by atoms with Crippen molar-refractivity contribution in [1.29, 1.82) is 0 Å². The highest BCUT2D eigenvalue weighted by Gasteiger charge is 2.34. The third-order valence-electron chi connectivity index (χ3n) is 2.37. The van der Waals surface area contributed by atoms with Crippen LogP contribution in [0.5, 0.6) is 5.75 Å². The van der Waals surface area contributed by atoms with Gasteiger partial charge in [0.2, 0.25) is 0 Å². The zero-order valence-corrected chi connectivity index (χ0v) is 10.1. The lowest BCUT2D eigenvalue weighted by Gasteiger charge is -2.16. The SMILES string of the molecule is CCOc1cc(C(F)(F)F)cc(C(C)=O)c1C(F)F. The van der Waals surface area contributed by atoms with Crippen LogP contribution in [0.4, 0.5) is 22.0 Å². The molecule has 106 valence electrons. The number of rotatable bonds is 4. The highest BCUT2D eigenvalue weighted by atomic mass is 19.4. The van der Waals surface area contributed by atoms with Gasteiger partial charge in [-0.2, -0.15) is 13.2 Å². The van der Waals surface area contributed by atoms with Crippen molar-refractivity contribution in [1.82, 2.24) is 0 Å². The predicted octanol–water partition coefficient (Wildman–Crippen LogP) is 4.24. The second-order valence-electron chi connectivity index (χ2n) is 3.72. The highest BCUT2D eigenvalue weighted by Crippen LogP contribution is 2.39. The van der Waals surface area contributed by atoms with E-state index in [2.05, 4.69) is 0 Å². The molecule has 0 atom stereocenters. The van der Waals surface area contributed by atoms with Crippen LogP contribution in [0, 0.1) is 0 Å². The van der Waals surface area contributed by atoms with Crippen molar-refractivity contribution in [3.63, 3.8) is 0 Å². The summed E-state index contributed by atoms with van der Waals surface area (Å²) in [4.78, 5) is 11.3. The normalized spacial score (nSPS) is 11.8. The second-order valence-corrected chi connectivity index (χ2v) is 3.72. The molecule has 0 saturated carbocycles. The maximum atomic E-state index is 12.9. The lowest BCUT2D eigenvalue weighted by atomic mass is 9.99. The Bertz CT molecular complexity index is 480. The maximum Gasteiger partial charge on any atom is 0.416 e. The van der Waals surface area contributed by atoms with Crippen molar-refractivity contribution in [2.45, 2.75) is 26.4 Å². The Balaban J connectivity index is 3.57. The first-order valence-electron chi connectivity index (χ1n) is 5.35. The number of hydrogen-bond donors (Lipinski definition) is 0. The van der Waals surface area contributed by atoms with E-state index in [4.69, 9.17) is 4.74 Å². The summed E-state index contributed by atoms with van der Waals surface area (Å²) < 4.78 is 68.5. The molecular weight excluding hydrogens is 271 g/mol. The summed E-state index contributed by atoms with van der Waals surface area (Å²) in [6, 6.07) is 0.907. The minimum atomic E-state index is -4.74. The molecule has 1 rings (SSSR count). The average Bonchev–Trinajstić information content (AvgIpc) is 2.26. The van der Waals surface area contributed by atoms with Crippen LogP contribution in [0.25, 0.3) is 0 Å². The van der Waals surface area contributed by atoms with Crippen LogP contribution in [0.15, 0.2) is 12.1 Å². The second kappa shape index (κ2) is 5.54. The quantitative estimate of drug-likeness (QED) is 0.609. The largest absolute Gasteiger partial charge is 0.493 e. The van der Waals surface area contributed by atoms with Crippen LogP contribution in [-0.2, 0) is 6.18 Å². The molecule has 0 unspecified atom stereocenters. The summed E-state index contributed by atoms with van der Waals surface area (Å²) in [6.07, 6.45) is -7.83. The van der Waals surface area contributed by atoms with Gasteiger partial charge in [0.25, 0.3) is 6.43 Å². The van der Waals surface area contributed by atoms with E-state index in [-0.39, 0.29) is 6.61 Å². The van der Waals surface area contributed by atoms with E-state index in [1.54, 1.807) is 0 Å². The van der Waals surface area contributed by atoms with Gasteiger partial charge in [0, 0.05) is 5.56 Å². The number of ether oxygens (including phenoxy) is 1. The van der Waals surface area contributed by atoms with Crippen molar-refractivity contribution in [3.8, 4) is 5.75 Å². The molecule has 0 aromatic heterocycles. The molecule has 0 fully saturated rings. The Morgan fingerprint density at radius 1 is 1.32 bits per heavy atom. The van der Waals surface area contributed by atoms with Crippen LogP contribution in [0.1, 0.15) is 41.8 Å². The number of alkyl halides is 5. The first-order chi connectivity index (χ1) is 8.68. The molecule has 0 saturated heterocycles. The number of ketones is 1. The minimum absolute atomic E-state index is 0.0849. The maximum absolute atomic E-state index is 12.9. The van der Waals surface area contributed by atoms with Crippen LogP contribution in [0.2, 0.25) is 0 Å². The molecule has 0 spiro atoms. The van der Waals surface area contributed by atoms with Crippen LogP contribution < -0.4 is 4.74 Å². The summed E-state index contributed by atoms with van der Waals surface area (Å²) in [5.74, 6) is -1.49. The molecule has 0 bridgehead atoms. The fourth-order valence-corrected chi connectivity index (χ4v) is 1.58. The highest BCUT2D eigenvalue weighted by molar-refractivity contribution is 5.96. The first-order valence-corrected chi connectivity index (χ1v) is 5.35. The number of carbonyl (C=O) groups is 1. The summed E-state index contributed by atoms with van der Waals surface area (Å²) in [6.45, 7) is 2.29. The van der Waals surface area contributed by atoms with Gasteiger partial charge < -0.3 is 4.74 Å². The Morgan fingerprint density at radius 2 is 1.89 bits per heavy atom. The monoisotopic (exact) mass is 282 g/mol. The van der Waals surface area contributed by atoms with E-state index in [0.29, 0.717) is 12.1 Å². The Labute approximate surface area is 106 Å². The zero-order valence-electron chi connectivity index (χ0n) is 10.1. The predicted molar refractivity (Wildman–Crippen MR) is 57.6 cm³/mol. The lowest BCUT2D eigenvalue weighted by molar-refractivity contribution is -0.137. The van der Waals surface area contributed by atoms with Crippen LogP contribution in [-0.4, -0.2) is 12.4 Å². The molecule has 0 radical (unpaired) electrons. The van der Waals surface area contributed by atoms with Gasteiger partial charge >= 0.3 is 6.18 Å². The van der Waals surface area contributed by atoms with Gasteiger partial charge in [-0.3, -0.25) is 4.79 Å². The molecular formula is C12H11F5O2. The van der Waals surface area contributed by atoms with Gasteiger partial charge in [0.1, 0.15) is 5.75 Å². The molecule has 1 aromatic rings. The van der Waals surface area contributed by atoms with Crippen molar-refractivity contribution in [2.75, 3.05) is 6.61 Å². The number of benzene rings is 1. The fourth-order valence-electron chi connectivity index (χ4n) is 1.58. The Hall–Kier alpha value is -1.66. The molecule has 0 aliphatic heterocycles. The van der Waals surface area contributed by atoms with Gasteiger partial charge in [-0.25, -0.2) is 8.78 Å². The van der Waals surface area contributed by atoms with Crippen molar-refractivity contribution in [3.05, 3.63) is 28.8 Å². The third kappa shape index (κ3) is 3.42. The number of Topliss-reactive ketones (excluding diaryl/α,β-unsaturated/α-hetero) is 1. The molecule has 0 N–H and O–H groups in total. The molecule has 2 nitrogen and oxygen atoms in total. The summed E-state index contributed by atoms with van der Waals surface area (Å²) in [5.41, 5.74) is -2.67. The van der Waals surface area contributed by atoms with E-state index in [9.17, 15) is 26.7 Å². The minimum Gasteiger partial charge on any atom is -0.493 e. The van der Waals surface area contributed by atoms with Crippen LogP contribution in [0.3, 0.4) is 0 Å². The van der Waals surface area contributed by atoms with Crippen LogP contribution >= 0.6 is 0 Å². The molecule has 1 aromatic carbocycles. The molecule has 0 heterocycles. The third-order valence-corrected chi connectivity index (χ3v) is 2.37. The van der Waals surface area contributed by atoms with E-state index in [1.807, 2.05) is 0 Å². The molecule has 7 heteroatoms. The standard InChI is InChI=1S/C12H11F5O2/c1-3-19-9-5-7(12(15,16)17)4-8(6(2)18)10(9)11(13)14/h4-5,11H,3H2,1-2H3. The van der Waals surface area contributed by atoms with E-state index >= 15 is 0 Å². The first kappa shape index (κ1) is 15.4. The van der Waals surface area contributed by atoms with Gasteiger partial charge in [-0.15, -0.1) is 0 Å². The van der Waals surface area contributed by atoms with Crippen molar-refractivity contribution < 1.29 is 31.5 Å². The number of carbonyl (C=O) groups excluding carboxylic acids is 1. The van der Waals surface area contributed by atoms with Crippen molar-refractivity contribution >= 4 is 5.78 Å². The number of hydrogen-bond acceptors (Lipinski definition) is 2. The van der Waals surface area contributed by atoms with Gasteiger partial charge in [-0.05, 0) is 26.0 Å². The molecule has 0 amide bonds.